The number of rotatable bonds is 1. The van der Waals surface area contributed by atoms with E-state index in [1.165, 1.54) is 0 Å². The number of carbonyl (C=O) groups is 1. The molecule has 1 aromatic rings. The highest BCUT2D eigenvalue weighted by Crippen LogP contribution is 2.17. The molecule has 3 rings (SSSR count). The fourth-order valence-corrected chi connectivity index (χ4v) is 2.69. The summed E-state index contributed by atoms with van der Waals surface area (Å²) in [5.41, 5.74) is 0. The predicted octanol–water partition coefficient (Wildman–Crippen LogP) is 0.258. The van der Waals surface area contributed by atoms with E-state index in [1.807, 2.05) is 4.90 Å². The molecule has 1 unspecified atom stereocenters. The summed E-state index contributed by atoms with van der Waals surface area (Å²) >= 11 is 0. The van der Waals surface area contributed by atoms with Crippen molar-refractivity contribution in [3.8, 4) is 0 Å². The minimum Gasteiger partial charge on any atom is -0.379 e. The molecule has 0 aliphatic carbocycles. The molecular weight excluding hydrogens is 232 g/mol. The Balaban J connectivity index is 1.59. The van der Waals surface area contributed by atoms with Crippen LogP contribution in [0.2, 0.25) is 0 Å². The van der Waals surface area contributed by atoms with Gasteiger partial charge in [0.05, 0.1) is 13.2 Å². The van der Waals surface area contributed by atoms with Crippen LogP contribution in [0.5, 0.6) is 0 Å². The Hall–Kier alpha value is -1.40. The first kappa shape index (κ1) is 11.7. The molecule has 2 aliphatic heterocycles. The monoisotopic (exact) mass is 250 g/mol. The van der Waals surface area contributed by atoms with Gasteiger partial charge in [0.1, 0.15) is 6.33 Å². The first-order chi connectivity index (χ1) is 8.84. The van der Waals surface area contributed by atoms with E-state index in [0.717, 1.165) is 45.8 Å². The molecule has 1 amide bonds. The van der Waals surface area contributed by atoms with Gasteiger partial charge in [0, 0.05) is 44.6 Å². The van der Waals surface area contributed by atoms with Crippen LogP contribution in [0.3, 0.4) is 0 Å². The number of morpholine rings is 1. The van der Waals surface area contributed by atoms with Crippen molar-refractivity contribution in [1.29, 1.82) is 0 Å². The van der Waals surface area contributed by atoms with E-state index in [4.69, 9.17) is 4.74 Å². The molecule has 0 saturated carbocycles. The topological polar surface area (TPSA) is 50.6 Å². The number of carbonyl (C=O) groups excluding carboxylic acids is 1. The zero-order valence-electron chi connectivity index (χ0n) is 10.4. The van der Waals surface area contributed by atoms with Crippen molar-refractivity contribution in [3.05, 3.63) is 18.7 Å². The van der Waals surface area contributed by atoms with Gasteiger partial charge in [-0.3, -0.25) is 9.47 Å². The number of aromatic nitrogens is 2. The van der Waals surface area contributed by atoms with Gasteiger partial charge in [0.25, 0.3) is 0 Å². The lowest BCUT2D eigenvalue weighted by Crippen LogP contribution is -2.45. The molecule has 6 heteroatoms. The summed E-state index contributed by atoms with van der Waals surface area (Å²) < 4.78 is 6.90. The summed E-state index contributed by atoms with van der Waals surface area (Å²) in [4.78, 5) is 20.4. The maximum atomic E-state index is 12.1. The predicted molar refractivity (Wildman–Crippen MR) is 65.4 cm³/mol. The Morgan fingerprint density at radius 1 is 1.28 bits per heavy atom. The van der Waals surface area contributed by atoms with Gasteiger partial charge in [-0.2, -0.15) is 0 Å². The van der Waals surface area contributed by atoms with Crippen LogP contribution >= 0.6 is 0 Å². The van der Waals surface area contributed by atoms with E-state index in [1.54, 1.807) is 23.3 Å². The van der Waals surface area contributed by atoms with Crippen molar-refractivity contribution >= 4 is 6.03 Å². The van der Waals surface area contributed by atoms with Crippen LogP contribution in [0.15, 0.2) is 18.7 Å². The molecule has 0 radical (unpaired) electrons. The van der Waals surface area contributed by atoms with E-state index in [9.17, 15) is 4.79 Å². The maximum absolute atomic E-state index is 12.1. The first-order valence-corrected chi connectivity index (χ1v) is 6.43. The maximum Gasteiger partial charge on any atom is 0.329 e. The Morgan fingerprint density at radius 3 is 2.83 bits per heavy atom. The molecule has 0 spiro atoms. The molecule has 6 nitrogen and oxygen atoms in total. The van der Waals surface area contributed by atoms with Crippen LogP contribution in [0.4, 0.5) is 4.79 Å². The fraction of sp³-hybridized carbons (Fsp3) is 0.667. The van der Waals surface area contributed by atoms with Crippen molar-refractivity contribution in [1.82, 2.24) is 19.4 Å². The van der Waals surface area contributed by atoms with Gasteiger partial charge in [0.15, 0.2) is 0 Å². The number of likely N-dealkylation sites (tertiary alicyclic amines) is 1. The van der Waals surface area contributed by atoms with Gasteiger partial charge in [-0.1, -0.05) is 0 Å². The molecule has 0 N–H and O–H groups in total. The second-order valence-electron chi connectivity index (χ2n) is 4.79. The number of hydrogen-bond acceptors (Lipinski definition) is 4. The van der Waals surface area contributed by atoms with Gasteiger partial charge >= 0.3 is 6.03 Å². The highest BCUT2D eigenvalue weighted by Gasteiger charge is 2.31. The summed E-state index contributed by atoms with van der Waals surface area (Å²) in [6.07, 6.45) is 5.95. The fourth-order valence-electron chi connectivity index (χ4n) is 2.69. The van der Waals surface area contributed by atoms with Crippen LogP contribution in [-0.4, -0.2) is 70.8 Å². The minimum atomic E-state index is 0.0308. The van der Waals surface area contributed by atoms with Crippen LogP contribution < -0.4 is 0 Å². The number of nitrogens with zero attached hydrogens (tertiary/aromatic N) is 4. The molecule has 18 heavy (non-hydrogen) atoms. The van der Waals surface area contributed by atoms with Crippen molar-refractivity contribution in [2.45, 2.75) is 12.5 Å². The zero-order valence-corrected chi connectivity index (χ0v) is 10.4. The molecule has 2 aliphatic rings. The molecule has 3 heterocycles. The summed E-state index contributed by atoms with van der Waals surface area (Å²) in [5, 5.41) is 0. The lowest BCUT2D eigenvalue weighted by atomic mass is 10.2. The third-order valence-electron chi connectivity index (χ3n) is 3.72. The normalized spacial score (nSPS) is 25.6. The van der Waals surface area contributed by atoms with Crippen molar-refractivity contribution in [3.63, 3.8) is 0 Å². The van der Waals surface area contributed by atoms with Crippen LogP contribution in [0, 0.1) is 0 Å². The molecule has 0 bridgehead atoms. The Morgan fingerprint density at radius 2 is 2.11 bits per heavy atom. The SMILES string of the molecule is O=C(N1CCC(N2CCOCC2)C1)n1ccnc1. The number of hydrogen-bond donors (Lipinski definition) is 0. The van der Waals surface area contributed by atoms with Crippen LogP contribution in [-0.2, 0) is 4.74 Å². The molecular formula is C12H18N4O2. The third-order valence-corrected chi connectivity index (χ3v) is 3.72. The lowest BCUT2D eigenvalue weighted by molar-refractivity contribution is 0.0191. The van der Waals surface area contributed by atoms with E-state index >= 15 is 0 Å². The highest BCUT2D eigenvalue weighted by molar-refractivity contribution is 5.76. The summed E-state index contributed by atoms with van der Waals surface area (Å²) in [7, 11) is 0. The van der Waals surface area contributed by atoms with E-state index in [0.29, 0.717) is 6.04 Å². The van der Waals surface area contributed by atoms with E-state index < -0.39 is 0 Å². The Bertz CT molecular complexity index is 400. The third kappa shape index (κ3) is 2.26. The smallest absolute Gasteiger partial charge is 0.329 e. The lowest BCUT2D eigenvalue weighted by Gasteiger charge is -2.32. The molecule has 2 saturated heterocycles. The second kappa shape index (κ2) is 5.07. The second-order valence-corrected chi connectivity index (χ2v) is 4.79. The van der Waals surface area contributed by atoms with E-state index in [2.05, 4.69) is 9.88 Å². The molecule has 98 valence electrons. The van der Waals surface area contributed by atoms with Gasteiger partial charge in [0.2, 0.25) is 0 Å². The van der Waals surface area contributed by atoms with Gasteiger partial charge in [-0.15, -0.1) is 0 Å². The van der Waals surface area contributed by atoms with Crippen molar-refractivity contribution < 1.29 is 9.53 Å². The molecule has 0 aromatic carbocycles. The van der Waals surface area contributed by atoms with Crippen molar-refractivity contribution in [2.75, 3.05) is 39.4 Å². The van der Waals surface area contributed by atoms with Gasteiger partial charge in [-0.25, -0.2) is 9.78 Å². The Labute approximate surface area is 106 Å². The van der Waals surface area contributed by atoms with Crippen LogP contribution in [0.25, 0.3) is 0 Å². The molecule has 1 atom stereocenters. The average Bonchev–Trinajstić information content (AvgIpc) is 3.10. The average molecular weight is 250 g/mol. The molecule has 2 fully saturated rings. The first-order valence-electron chi connectivity index (χ1n) is 6.43. The molecule has 1 aromatic heterocycles. The van der Waals surface area contributed by atoms with Gasteiger partial charge in [-0.05, 0) is 6.42 Å². The van der Waals surface area contributed by atoms with Gasteiger partial charge < -0.3 is 9.64 Å². The number of imidazole rings is 1. The Kier molecular flexibility index (Phi) is 3.29. The summed E-state index contributed by atoms with van der Waals surface area (Å²) in [6.45, 7) is 5.24. The highest BCUT2D eigenvalue weighted by atomic mass is 16.5. The minimum absolute atomic E-state index is 0.0308. The quantitative estimate of drug-likeness (QED) is 0.717. The summed E-state index contributed by atoms with van der Waals surface area (Å²) in [6, 6.07) is 0.518. The van der Waals surface area contributed by atoms with E-state index in [-0.39, 0.29) is 6.03 Å². The zero-order chi connectivity index (χ0) is 12.4. The number of amides is 1. The largest absolute Gasteiger partial charge is 0.379 e. The standard InChI is InChI=1S/C12H18N4O2/c17-12(16-4-2-13-10-16)15-3-1-11(9-15)14-5-7-18-8-6-14/h2,4,10-11H,1,3,5-9H2. The van der Waals surface area contributed by atoms with Crippen LogP contribution in [0.1, 0.15) is 6.42 Å². The number of ether oxygens (including phenoxy) is 1. The van der Waals surface area contributed by atoms with Crippen molar-refractivity contribution in [2.24, 2.45) is 0 Å². The summed E-state index contributed by atoms with van der Waals surface area (Å²) in [5.74, 6) is 0.